The molecular weight excluding hydrogens is 168 g/mol. The highest BCUT2D eigenvalue weighted by molar-refractivity contribution is 7.80. The second-order valence-corrected chi connectivity index (χ2v) is 3.06. The van der Waals surface area contributed by atoms with Crippen molar-refractivity contribution in [2.24, 2.45) is 0 Å². The lowest BCUT2D eigenvalue weighted by atomic mass is 10.2. The molecule has 0 aliphatic heterocycles. The standard InChI is InChI=1S/C9H18N2S/c1-4-7-10-9(12)11-8(5-2)6-3/h4,8H,1,5-7H2,2-3H3,(H2,10,11,12). The Morgan fingerprint density at radius 3 is 2.50 bits per heavy atom. The first kappa shape index (κ1) is 11.4. The molecule has 0 aliphatic carbocycles. The first-order valence-corrected chi connectivity index (χ1v) is 4.80. The molecule has 0 amide bonds. The lowest BCUT2D eigenvalue weighted by Crippen LogP contribution is -2.41. The molecule has 0 bridgehead atoms. The maximum atomic E-state index is 5.06. The second-order valence-electron chi connectivity index (χ2n) is 2.66. The molecule has 0 unspecified atom stereocenters. The summed E-state index contributed by atoms with van der Waals surface area (Å²) in [6.07, 6.45) is 4.00. The molecule has 0 aromatic rings. The van der Waals surface area contributed by atoms with Crippen LogP contribution in [0.25, 0.3) is 0 Å². The van der Waals surface area contributed by atoms with E-state index in [2.05, 4.69) is 31.1 Å². The minimum atomic E-state index is 0.495. The first-order chi connectivity index (χ1) is 5.74. The van der Waals surface area contributed by atoms with Gasteiger partial charge < -0.3 is 10.6 Å². The fourth-order valence-electron chi connectivity index (χ4n) is 0.894. The Bertz CT molecular complexity index is 141. The van der Waals surface area contributed by atoms with Gasteiger partial charge in [-0.2, -0.15) is 0 Å². The summed E-state index contributed by atoms with van der Waals surface area (Å²) >= 11 is 5.06. The molecule has 0 aliphatic rings. The van der Waals surface area contributed by atoms with E-state index in [0.29, 0.717) is 6.04 Å². The summed E-state index contributed by atoms with van der Waals surface area (Å²) in [5.74, 6) is 0. The van der Waals surface area contributed by atoms with Crippen molar-refractivity contribution in [1.29, 1.82) is 0 Å². The molecule has 0 atom stereocenters. The lowest BCUT2D eigenvalue weighted by Gasteiger charge is -2.16. The van der Waals surface area contributed by atoms with Crippen LogP contribution in [0.5, 0.6) is 0 Å². The molecule has 0 aromatic carbocycles. The van der Waals surface area contributed by atoms with Crippen LogP contribution in [0.15, 0.2) is 12.7 Å². The molecule has 0 radical (unpaired) electrons. The highest BCUT2D eigenvalue weighted by Gasteiger charge is 2.02. The van der Waals surface area contributed by atoms with Crippen molar-refractivity contribution in [3.05, 3.63) is 12.7 Å². The summed E-state index contributed by atoms with van der Waals surface area (Å²) < 4.78 is 0. The monoisotopic (exact) mass is 186 g/mol. The quantitative estimate of drug-likeness (QED) is 0.506. The van der Waals surface area contributed by atoms with Crippen molar-refractivity contribution < 1.29 is 0 Å². The van der Waals surface area contributed by atoms with E-state index in [4.69, 9.17) is 12.2 Å². The van der Waals surface area contributed by atoms with Crippen molar-refractivity contribution in [2.75, 3.05) is 6.54 Å². The molecular formula is C9H18N2S. The minimum absolute atomic E-state index is 0.495. The lowest BCUT2D eigenvalue weighted by molar-refractivity contribution is 0.566. The van der Waals surface area contributed by atoms with Gasteiger partial charge in [0.2, 0.25) is 0 Å². The summed E-state index contributed by atoms with van der Waals surface area (Å²) in [6, 6.07) is 0.495. The third-order valence-electron chi connectivity index (χ3n) is 1.73. The van der Waals surface area contributed by atoms with Crippen LogP contribution in [0.4, 0.5) is 0 Å². The summed E-state index contributed by atoms with van der Waals surface area (Å²) in [4.78, 5) is 0. The Morgan fingerprint density at radius 1 is 1.50 bits per heavy atom. The zero-order valence-electron chi connectivity index (χ0n) is 7.89. The molecule has 0 heterocycles. The molecule has 0 spiro atoms. The van der Waals surface area contributed by atoms with Crippen molar-refractivity contribution in [1.82, 2.24) is 10.6 Å². The van der Waals surface area contributed by atoms with Crippen LogP contribution in [0, 0.1) is 0 Å². The Morgan fingerprint density at radius 2 is 2.08 bits per heavy atom. The Kier molecular flexibility index (Phi) is 6.76. The normalized spacial score (nSPS) is 9.58. The van der Waals surface area contributed by atoms with Crippen LogP contribution in [0.3, 0.4) is 0 Å². The van der Waals surface area contributed by atoms with Gasteiger partial charge in [0.15, 0.2) is 5.11 Å². The van der Waals surface area contributed by atoms with E-state index >= 15 is 0 Å². The van der Waals surface area contributed by atoms with E-state index in [1.165, 1.54) is 0 Å². The van der Waals surface area contributed by atoms with Gasteiger partial charge in [-0.3, -0.25) is 0 Å². The SMILES string of the molecule is C=CCNC(=S)NC(CC)CC. The summed E-state index contributed by atoms with van der Waals surface area (Å²) in [5.41, 5.74) is 0. The van der Waals surface area contributed by atoms with Gasteiger partial charge in [-0.25, -0.2) is 0 Å². The van der Waals surface area contributed by atoms with Gasteiger partial charge in [-0.1, -0.05) is 19.9 Å². The highest BCUT2D eigenvalue weighted by Crippen LogP contribution is 1.94. The van der Waals surface area contributed by atoms with Crippen LogP contribution in [0.2, 0.25) is 0 Å². The number of nitrogens with one attached hydrogen (secondary N) is 2. The van der Waals surface area contributed by atoms with E-state index < -0.39 is 0 Å². The van der Waals surface area contributed by atoms with Gasteiger partial charge >= 0.3 is 0 Å². The molecule has 0 rings (SSSR count). The zero-order valence-corrected chi connectivity index (χ0v) is 8.71. The highest BCUT2D eigenvalue weighted by atomic mass is 32.1. The Hall–Kier alpha value is -0.570. The van der Waals surface area contributed by atoms with E-state index in [1.807, 2.05) is 0 Å². The van der Waals surface area contributed by atoms with Gasteiger partial charge in [-0.15, -0.1) is 6.58 Å². The summed E-state index contributed by atoms with van der Waals surface area (Å²) in [7, 11) is 0. The predicted molar refractivity (Wildman–Crippen MR) is 58.3 cm³/mol. The summed E-state index contributed by atoms with van der Waals surface area (Å²) in [6.45, 7) is 8.63. The maximum absolute atomic E-state index is 5.06. The van der Waals surface area contributed by atoms with Gasteiger partial charge in [0.1, 0.15) is 0 Å². The Labute approximate surface area is 80.4 Å². The molecule has 0 fully saturated rings. The third kappa shape index (κ3) is 5.13. The van der Waals surface area contributed by atoms with Crippen molar-refractivity contribution in [3.63, 3.8) is 0 Å². The molecule has 3 heteroatoms. The van der Waals surface area contributed by atoms with Gasteiger partial charge in [0.05, 0.1) is 0 Å². The van der Waals surface area contributed by atoms with Crippen LogP contribution < -0.4 is 10.6 Å². The number of hydrogen-bond acceptors (Lipinski definition) is 1. The molecule has 2 nitrogen and oxygen atoms in total. The topological polar surface area (TPSA) is 24.1 Å². The minimum Gasteiger partial charge on any atom is -0.360 e. The molecule has 0 saturated heterocycles. The molecule has 0 saturated carbocycles. The first-order valence-electron chi connectivity index (χ1n) is 4.39. The zero-order chi connectivity index (χ0) is 9.40. The van der Waals surface area contributed by atoms with Crippen LogP contribution >= 0.6 is 12.2 Å². The number of thiocarbonyl (C=S) groups is 1. The van der Waals surface area contributed by atoms with Gasteiger partial charge in [0, 0.05) is 12.6 Å². The van der Waals surface area contributed by atoms with Gasteiger partial charge in [-0.05, 0) is 25.1 Å². The molecule has 0 aromatic heterocycles. The van der Waals surface area contributed by atoms with E-state index in [1.54, 1.807) is 6.08 Å². The average molecular weight is 186 g/mol. The molecule has 2 N–H and O–H groups in total. The van der Waals surface area contributed by atoms with Crippen molar-refractivity contribution in [3.8, 4) is 0 Å². The van der Waals surface area contributed by atoms with E-state index in [9.17, 15) is 0 Å². The van der Waals surface area contributed by atoms with Crippen LogP contribution in [-0.4, -0.2) is 17.7 Å². The number of rotatable bonds is 5. The van der Waals surface area contributed by atoms with Crippen LogP contribution in [-0.2, 0) is 0 Å². The fourth-order valence-corrected chi connectivity index (χ4v) is 1.14. The molecule has 12 heavy (non-hydrogen) atoms. The predicted octanol–water partition coefficient (Wildman–Crippen LogP) is 1.83. The largest absolute Gasteiger partial charge is 0.360 e. The molecule has 70 valence electrons. The van der Waals surface area contributed by atoms with Crippen molar-refractivity contribution >= 4 is 17.3 Å². The average Bonchev–Trinajstić information content (AvgIpc) is 2.10. The third-order valence-corrected chi connectivity index (χ3v) is 1.99. The number of hydrogen-bond donors (Lipinski definition) is 2. The summed E-state index contributed by atoms with van der Waals surface area (Å²) in [5, 5.41) is 6.98. The van der Waals surface area contributed by atoms with Crippen LogP contribution in [0.1, 0.15) is 26.7 Å². The van der Waals surface area contributed by atoms with E-state index in [-0.39, 0.29) is 0 Å². The smallest absolute Gasteiger partial charge is 0.166 e. The van der Waals surface area contributed by atoms with Gasteiger partial charge in [0.25, 0.3) is 0 Å². The second kappa shape index (κ2) is 7.10. The maximum Gasteiger partial charge on any atom is 0.166 e. The Balaban J connectivity index is 3.58. The fraction of sp³-hybridized carbons (Fsp3) is 0.667. The van der Waals surface area contributed by atoms with E-state index in [0.717, 1.165) is 24.5 Å². The van der Waals surface area contributed by atoms with Crippen molar-refractivity contribution in [2.45, 2.75) is 32.7 Å².